The zero-order valence-electron chi connectivity index (χ0n) is 15.0. The van der Waals surface area contributed by atoms with Crippen molar-refractivity contribution in [2.24, 2.45) is 34.5 Å². The molecule has 132 valence electrons. The maximum absolute atomic E-state index is 12.3. The highest BCUT2D eigenvalue weighted by Gasteiger charge is 2.60. The van der Waals surface area contributed by atoms with Crippen molar-refractivity contribution in [2.75, 3.05) is 7.11 Å². The number of fused-ring (bicyclic) bond motifs is 5. The molecular formula is C20H28O4. The van der Waals surface area contributed by atoms with E-state index in [-0.39, 0.29) is 28.7 Å². The lowest BCUT2D eigenvalue weighted by molar-refractivity contribution is -0.157. The second kappa shape index (κ2) is 5.34. The number of esters is 2. The Balaban J connectivity index is 1.65. The van der Waals surface area contributed by atoms with Crippen LogP contribution in [0.15, 0.2) is 11.8 Å². The summed E-state index contributed by atoms with van der Waals surface area (Å²) in [6, 6.07) is 0. The van der Waals surface area contributed by atoms with Crippen molar-refractivity contribution in [1.29, 1.82) is 0 Å². The summed E-state index contributed by atoms with van der Waals surface area (Å²) in [5.74, 6) is 2.62. The van der Waals surface area contributed by atoms with Gasteiger partial charge in [-0.1, -0.05) is 13.8 Å². The van der Waals surface area contributed by atoms with E-state index in [9.17, 15) is 9.59 Å². The molecule has 0 unspecified atom stereocenters. The highest BCUT2D eigenvalue weighted by Crippen LogP contribution is 2.65. The van der Waals surface area contributed by atoms with Crippen LogP contribution in [0.25, 0.3) is 0 Å². The van der Waals surface area contributed by atoms with Crippen LogP contribution in [-0.2, 0) is 19.1 Å². The van der Waals surface area contributed by atoms with Crippen molar-refractivity contribution in [2.45, 2.75) is 58.8 Å². The molecule has 3 aliphatic carbocycles. The average molecular weight is 332 g/mol. The van der Waals surface area contributed by atoms with Crippen LogP contribution < -0.4 is 0 Å². The Labute approximate surface area is 144 Å². The summed E-state index contributed by atoms with van der Waals surface area (Å²) < 4.78 is 10.7. The first-order chi connectivity index (χ1) is 11.4. The lowest BCUT2D eigenvalue weighted by Crippen LogP contribution is -2.51. The molecule has 24 heavy (non-hydrogen) atoms. The molecule has 0 bridgehead atoms. The monoisotopic (exact) mass is 332 g/mol. The lowest BCUT2D eigenvalue weighted by Gasteiger charge is -2.56. The van der Waals surface area contributed by atoms with Gasteiger partial charge in [0.2, 0.25) is 0 Å². The molecule has 1 heterocycles. The summed E-state index contributed by atoms with van der Waals surface area (Å²) in [6.07, 6.45) is 8.88. The van der Waals surface area contributed by atoms with Crippen LogP contribution in [0, 0.1) is 34.5 Å². The summed E-state index contributed by atoms with van der Waals surface area (Å²) >= 11 is 0. The Morgan fingerprint density at radius 1 is 1.21 bits per heavy atom. The molecule has 3 fully saturated rings. The Morgan fingerprint density at radius 2 is 2.00 bits per heavy atom. The summed E-state index contributed by atoms with van der Waals surface area (Å²) in [6.45, 7) is 4.60. The summed E-state index contributed by atoms with van der Waals surface area (Å²) in [4.78, 5) is 24.0. The van der Waals surface area contributed by atoms with Crippen molar-refractivity contribution >= 4 is 11.9 Å². The minimum atomic E-state index is -0.0792. The van der Waals surface area contributed by atoms with Gasteiger partial charge in [0.25, 0.3) is 0 Å². The largest absolute Gasteiger partial charge is 0.469 e. The van der Waals surface area contributed by atoms with Gasteiger partial charge in [0.1, 0.15) is 5.76 Å². The van der Waals surface area contributed by atoms with Crippen LogP contribution in [0.1, 0.15) is 58.8 Å². The molecule has 6 atom stereocenters. The third-order valence-electron chi connectivity index (χ3n) is 7.95. The van der Waals surface area contributed by atoms with Gasteiger partial charge in [0.05, 0.1) is 13.0 Å². The van der Waals surface area contributed by atoms with Crippen molar-refractivity contribution in [1.82, 2.24) is 0 Å². The summed E-state index contributed by atoms with van der Waals surface area (Å²) in [5, 5.41) is 0. The first-order valence-corrected chi connectivity index (χ1v) is 9.39. The van der Waals surface area contributed by atoms with E-state index in [1.807, 2.05) is 0 Å². The van der Waals surface area contributed by atoms with Gasteiger partial charge in [-0.15, -0.1) is 0 Å². The fraction of sp³-hybridized carbons (Fsp3) is 0.800. The zero-order valence-corrected chi connectivity index (χ0v) is 15.0. The van der Waals surface area contributed by atoms with Crippen LogP contribution in [0.4, 0.5) is 0 Å². The number of allylic oxidation sites excluding steroid dienone is 2. The van der Waals surface area contributed by atoms with Crippen LogP contribution in [0.3, 0.4) is 0 Å². The van der Waals surface area contributed by atoms with Crippen molar-refractivity contribution in [3.63, 3.8) is 0 Å². The van der Waals surface area contributed by atoms with Gasteiger partial charge in [0, 0.05) is 11.8 Å². The highest BCUT2D eigenvalue weighted by atomic mass is 16.5. The van der Waals surface area contributed by atoms with Crippen LogP contribution in [-0.4, -0.2) is 19.0 Å². The molecule has 4 rings (SSSR count). The van der Waals surface area contributed by atoms with Gasteiger partial charge in [0.15, 0.2) is 0 Å². The highest BCUT2D eigenvalue weighted by molar-refractivity contribution is 5.74. The van der Waals surface area contributed by atoms with Gasteiger partial charge in [-0.3, -0.25) is 9.59 Å². The van der Waals surface area contributed by atoms with E-state index in [2.05, 4.69) is 19.9 Å². The minimum absolute atomic E-state index is 0.00150. The van der Waals surface area contributed by atoms with E-state index < -0.39 is 0 Å². The molecule has 2 saturated carbocycles. The number of rotatable bonds is 1. The van der Waals surface area contributed by atoms with Gasteiger partial charge < -0.3 is 9.47 Å². The molecular weight excluding hydrogens is 304 g/mol. The Bertz CT molecular complexity index is 609. The van der Waals surface area contributed by atoms with Gasteiger partial charge >= 0.3 is 11.9 Å². The fourth-order valence-electron chi connectivity index (χ4n) is 6.60. The van der Waals surface area contributed by atoms with Crippen molar-refractivity contribution in [3.05, 3.63) is 11.8 Å². The number of ether oxygens (including phenoxy) is 2. The van der Waals surface area contributed by atoms with E-state index in [1.165, 1.54) is 7.11 Å². The molecule has 0 amide bonds. The molecule has 0 spiro atoms. The predicted molar refractivity (Wildman–Crippen MR) is 88.7 cm³/mol. The molecule has 4 aliphatic rings. The molecule has 4 heteroatoms. The Morgan fingerprint density at radius 3 is 2.75 bits per heavy atom. The number of hydrogen-bond acceptors (Lipinski definition) is 4. The van der Waals surface area contributed by atoms with E-state index in [0.29, 0.717) is 24.2 Å². The van der Waals surface area contributed by atoms with Gasteiger partial charge in [-0.25, -0.2) is 0 Å². The van der Waals surface area contributed by atoms with Crippen LogP contribution in [0.5, 0.6) is 0 Å². The lowest BCUT2D eigenvalue weighted by atomic mass is 9.49. The first-order valence-electron chi connectivity index (χ1n) is 9.39. The number of carbonyl (C=O) groups is 2. The second-order valence-electron chi connectivity index (χ2n) is 8.77. The maximum Gasteiger partial charge on any atom is 0.310 e. The normalized spacial score (nSPS) is 47.0. The van der Waals surface area contributed by atoms with Crippen molar-refractivity contribution in [3.8, 4) is 0 Å². The molecule has 0 aromatic carbocycles. The third kappa shape index (κ3) is 2.04. The SMILES string of the molecule is COC(=O)[C@H]1CC[C@H]2[C@@H]3CC=C4OC(=O)CC[C@]4(C)[C@H]3CC[C@]12C. The molecule has 4 nitrogen and oxygen atoms in total. The van der Waals surface area contributed by atoms with Crippen molar-refractivity contribution < 1.29 is 19.1 Å². The average Bonchev–Trinajstić information content (AvgIpc) is 2.92. The van der Waals surface area contributed by atoms with E-state index in [4.69, 9.17) is 9.47 Å². The molecule has 0 aromatic rings. The molecule has 0 aromatic heterocycles. The smallest absolute Gasteiger partial charge is 0.310 e. The van der Waals surface area contributed by atoms with Crippen LogP contribution in [0.2, 0.25) is 0 Å². The topological polar surface area (TPSA) is 52.6 Å². The summed E-state index contributed by atoms with van der Waals surface area (Å²) in [5.41, 5.74) is 0.0722. The van der Waals surface area contributed by atoms with E-state index in [1.54, 1.807) is 0 Å². The molecule has 0 N–H and O–H groups in total. The quantitative estimate of drug-likeness (QED) is 0.684. The second-order valence-corrected chi connectivity index (χ2v) is 8.77. The molecule has 1 aliphatic heterocycles. The van der Waals surface area contributed by atoms with E-state index in [0.717, 1.165) is 44.3 Å². The first kappa shape index (κ1) is 16.2. The maximum atomic E-state index is 12.3. The third-order valence-corrected chi connectivity index (χ3v) is 7.95. The minimum Gasteiger partial charge on any atom is -0.469 e. The van der Waals surface area contributed by atoms with Gasteiger partial charge in [-0.05, 0) is 67.8 Å². The number of carbonyl (C=O) groups excluding carboxylic acids is 2. The number of hydrogen-bond donors (Lipinski definition) is 0. The predicted octanol–water partition coefficient (Wildman–Crippen LogP) is 3.85. The summed E-state index contributed by atoms with van der Waals surface area (Å²) in [7, 11) is 1.51. The zero-order chi connectivity index (χ0) is 17.1. The standard InChI is InChI=1S/C20H28O4/c1-19-10-8-14-12(13(19)5-6-15(19)18(22)23-3)4-7-16-20(14,2)11-9-17(21)24-16/h7,12-15H,4-6,8-11H2,1-3H3/t12-,13-,14-,15+,19-,20+/m0/s1. The number of methoxy groups -OCH3 is 1. The fourth-order valence-corrected chi connectivity index (χ4v) is 6.60. The van der Waals surface area contributed by atoms with E-state index >= 15 is 0 Å². The molecule has 1 saturated heterocycles. The van der Waals surface area contributed by atoms with Gasteiger partial charge in [-0.2, -0.15) is 0 Å². The Kier molecular flexibility index (Phi) is 3.59. The molecule has 0 radical (unpaired) electrons. The van der Waals surface area contributed by atoms with Crippen LogP contribution >= 0.6 is 0 Å². The Hall–Kier alpha value is -1.32.